The summed E-state index contributed by atoms with van der Waals surface area (Å²) in [5.41, 5.74) is 1.48. The van der Waals surface area contributed by atoms with E-state index in [1.54, 1.807) is 0 Å². The summed E-state index contributed by atoms with van der Waals surface area (Å²) >= 11 is 0. The van der Waals surface area contributed by atoms with E-state index in [2.05, 4.69) is 40.9 Å². The van der Waals surface area contributed by atoms with Gasteiger partial charge in [0.25, 0.3) is 0 Å². The molecule has 3 rings (SSSR count). The maximum absolute atomic E-state index is 12.2. The van der Waals surface area contributed by atoms with Gasteiger partial charge in [0.2, 0.25) is 0 Å². The topological polar surface area (TPSA) is 72.8 Å². The van der Waals surface area contributed by atoms with E-state index < -0.39 is 5.60 Å². The number of ether oxygens (including phenoxy) is 2. The van der Waals surface area contributed by atoms with Gasteiger partial charge in [0.15, 0.2) is 0 Å². The smallest absolute Gasteiger partial charge is 0.305 e. The van der Waals surface area contributed by atoms with Gasteiger partial charge in [-0.1, -0.05) is 39.5 Å². The summed E-state index contributed by atoms with van der Waals surface area (Å²) in [6.45, 7) is 23.3. The van der Waals surface area contributed by atoms with E-state index in [9.17, 15) is 14.7 Å². The van der Waals surface area contributed by atoms with Gasteiger partial charge in [-0.05, 0) is 124 Å². The number of allylic oxidation sites excluding steroid dienone is 1. The summed E-state index contributed by atoms with van der Waals surface area (Å²) < 4.78 is 10.5. The summed E-state index contributed by atoms with van der Waals surface area (Å²) in [6.07, 6.45) is 8.72. The second-order valence-electron chi connectivity index (χ2n) is 14.1. The highest BCUT2D eigenvalue weighted by molar-refractivity contribution is 5.69. The van der Waals surface area contributed by atoms with Crippen LogP contribution < -0.4 is 0 Å². The van der Waals surface area contributed by atoms with Crippen molar-refractivity contribution in [2.24, 2.45) is 39.9 Å². The minimum absolute atomic E-state index is 0.000343. The Morgan fingerprint density at radius 2 is 1.66 bits per heavy atom. The molecular weight excluding hydrogens is 476 g/mol. The van der Waals surface area contributed by atoms with Gasteiger partial charge < -0.3 is 14.6 Å². The number of esters is 2. The number of carbonyl (C=O) groups excluding carboxylic acids is 2. The number of carbonyl (C=O) groups is 2. The fraction of sp³-hybridized carbons (Fsp3) is 0.818. The molecule has 0 spiro atoms. The van der Waals surface area contributed by atoms with E-state index in [1.807, 2.05) is 13.8 Å². The number of rotatable bonds is 10. The lowest BCUT2D eigenvalue weighted by Gasteiger charge is -2.66. The zero-order valence-electron chi connectivity index (χ0n) is 25.5. The van der Waals surface area contributed by atoms with Gasteiger partial charge in [0.05, 0.1) is 12.7 Å². The highest BCUT2D eigenvalue weighted by atomic mass is 16.5. The first-order valence-corrected chi connectivity index (χ1v) is 14.8. The quantitative estimate of drug-likeness (QED) is 0.235. The number of fused-ring (bicyclic) bond motifs is 3. The van der Waals surface area contributed by atoms with Crippen molar-refractivity contribution in [3.63, 3.8) is 0 Å². The molecular formula is C33H54O5. The van der Waals surface area contributed by atoms with Gasteiger partial charge in [-0.3, -0.25) is 9.59 Å². The first kappa shape index (κ1) is 30.9. The summed E-state index contributed by atoms with van der Waals surface area (Å²) in [5.74, 6) is 1.13. The van der Waals surface area contributed by atoms with Crippen molar-refractivity contribution in [2.45, 2.75) is 124 Å². The van der Waals surface area contributed by atoms with Crippen molar-refractivity contribution < 1.29 is 24.2 Å². The molecule has 1 N–H and O–H groups in total. The zero-order valence-corrected chi connectivity index (χ0v) is 25.5. The highest BCUT2D eigenvalue weighted by Gasteiger charge is 2.67. The minimum Gasteiger partial charge on any atom is -0.469 e. The van der Waals surface area contributed by atoms with Crippen LogP contribution in [0, 0.1) is 39.9 Å². The Morgan fingerprint density at radius 1 is 1.03 bits per heavy atom. The van der Waals surface area contributed by atoms with Crippen LogP contribution in [0.25, 0.3) is 0 Å². The monoisotopic (exact) mass is 530 g/mol. The molecule has 3 saturated carbocycles. The molecule has 216 valence electrons. The first-order valence-electron chi connectivity index (χ1n) is 14.8. The first-order chi connectivity index (χ1) is 17.5. The van der Waals surface area contributed by atoms with Gasteiger partial charge in [-0.25, -0.2) is 0 Å². The summed E-state index contributed by atoms with van der Waals surface area (Å²) in [4.78, 5) is 23.8. The Kier molecular flexibility index (Phi) is 9.03. The Morgan fingerprint density at radius 3 is 2.21 bits per heavy atom. The summed E-state index contributed by atoms with van der Waals surface area (Å²) in [7, 11) is 1.48. The molecule has 0 saturated heterocycles. The van der Waals surface area contributed by atoms with Crippen LogP contribution in [0.2, 0.25) is 0 Å². The molecule has 0 aliphatic heterocycles. The summed E-state index contributed by atoms with van der Waals surface area (Å²) in [5, 5.41) is 11.9. The largest absolute Gasteiger partial charge is 0.469 e. The van der Waals surface area contributed by atoms with Crippen molar-refractivity contribution in [1.82, 2.24) is 0 Å². The normalized spacial score (nSPS) is 38.8. The van der Waals surface area contributed by atoms with Crippen molar-refractivity contribution in [1.29, 1.82) is 0 Å². The Balaban J connectivity index is 1.86. The molecule has 9 atom stereocenters. The van der Waals surface area contributed by atoms with Crippen molar-refractivity contribution >= 4 is 11.9 Å². The maximum Gasteiger partial charge on any atom is 0.305 e. The van der Waals surface area contributed by atoms with E-state index >= 15 is 0 Å². The molecule has 0 radical (unpaired) electrons. The molecule has 0 aromatic rings. The van der Waals surface area contributed by atoms with Gasteiger partial charge in [-0.2, -0.15) is 0 Å². The predicted molar refractivity (Wildman–Crippen MR) is 152 cm³/mol. The number of hydrogen-bond donors (Lipinski definition) is 1. The van der Waals surface area contributed by atoms with Gasteiger partial charge >= 0.3 is 11.9 Å². The van der Waals surface area contributed by atoms with Crippen molar-refractivity contribution in [3.8, 4) is 0 Å². The lowest BCUT2D eigenvalue weighted by atomic mass is 9.38. The lowest BCUT2D eigenvalue weighted by molar-refractivity contribution is -0.179. The minimum atomic E-state index is -0.831. The molecule has 0 bridgehead atoms. The van der Waals surface area contributed by atoms with Crippen LogP contribution in [-0.2, 0) is 19.1 Å². The molecule has 0 aromatic carbocycles. The molecule has 3 fully saturated rings. The van der Waals surface area contributed by atoms with Crippen LogP contribution in [0.4, 0.5) is 0 Å². The second kappa shape index (κ2) is 11.1. The van der Waals surface area contributed by atoms with Crippen LogP contribution in [-0.4, -0.2) is 35.9 Å². The van der Waals surface area contributed by atoms with Crippen LogP contribution >= 0.6 is 0 Å². The average molecular weight is 531 g/mol. The molecule has 3 aliphatic rings. The van der Waals surface area contributed by atoms with Gasteiger partial charge in [0, 0.05) is 13.3 Å². The molecule has 0 heterocycles. The Hall–Kier alpha value is -1.62. The molecule has 5 nitrogen and oxygen atoms in total. The van der Waals surface area contributed by atoms with Crippen molar-refractivity contribution in [3.05, 3.63) is 24.3 Å². The van der Waals surface area contributed by atoms with Crippen LogP contribution in [0.3, 0.4) is 0 Å². The van der Waals surface area contributed by atoms with Crippen molar-refractivity contribution in [2.75, 3.05) is 7.11 Å². The van der Waals surface area contributed by atoms with E-state index in [4.69, 9.17) is 9.47 Å². The summed E-state index contributed by atoms with van der Waals surface area (Å²) in [6, 6.07) is 0. The zero-order chi connectivity index (χ0) is 28.7. The molecule has 0 unspecified atom stereocenters. The fourth-order valence-corrected chi connectivity index (χ4v) is 9.70. The maximum atomic E-state index is 12.2. The van der Waals surface area contributed by atoms with E-state index in [0.29, 0.717) is 37.0 Å². The van der Waals surface area contributed by atoms with Crippen LogP contribution in [0.1, 0.15) is 113 Å². The van der Waals surface area contributed by atoms with Crippen LogP contribution in [0.15, 0.2) is 24.3 Å². The third-order valence-corrected chi connectivity index (χ3v) is 11.9. The van der Waals surface area contributed by atoms with Gasteiger partial charge in [0.1, 0.15) is 6.10 Å². The van der Waals surface area contributed by atoms with E-state index in [0.717, 1.165) is 50.5 Å². The standard InChI is InChI=1S/C33H54O5/c1-21(2)24-13-19-32(8)28(30(24,6)17-16-29(35)37-10)12-11-25-26(14-18-31(25,32)7)33(9,36)20-15-27(22(3)4)38-23(5)34/h24-28,36H,1,3,11-20H2,2,4-10H3/t24-,25+,26-,27-,28-,30-,31+,32+,33-/m0/s1. The molecule has 0 aromatic heterocycles. The third-order valence-electron chi connectivity index (χ3n) is 11.9. The molecule has 0 amide bonds. The lowest BCUT2D eigenvalue weighted by Crippen LogP contribution is -2.60. The van der Waals surface area contributed by atoms with Crippen LogP contribution in [0.5, 0.6) is 0 Å². The van der Waals surface area contributed by atoms with E-state index in [1.165, 1.54) is 19.6 Å². The Labute approximate surface area is 231 Å². The molecule has 38 heavy (non-hydrogen) atoms. The van der Waals surface area contributed by atoms with E-state index in [-0.39, 0.29) is 40.2 Å². The second-order valence-corrected chi connectivity index (χ2v) is 14.1. The predicted octanol–water partition coefficient (Wildman–Crippen LogP) is 7.42. The number of hydrogen-bond acceptors (Lipinski definition) is 5. The molecule has 5 heteroatoms. The highest BCUT2D eigenvalue weighted by Crippen LogP contribution is 2.74. The van der Waals surface area contributed by atoms with Gasteiger partial charge in [-0.15, -0.1) is 0 Å². The average Bonchev–Trinajstić information content (AvgIpc) is 3.19. The Bertz CT molecular complexity index is 936. The fourth-order valence-electron chi connectivity index (χ4n) is 9.70. The number of aliphatic hydroxyl groups is 1. The third kappa shape index (κ3) is 5.38. The SMILES string of the molecule is C=C(C)[C@H](CC[C@](C)(O)[C@H]1CC[C@]2(C)[C@@H]1CC[C@H]1[C@@](C)(CCC(=O)OC)[C@H](C(=C)C)CC[C@]12C)OC(C)=O. The number of methoxy groups -OCH3 is 1. The molecule has 3 aliphatic carbocycles.